The van der Waals surface area contributed by atoms with Crippen LogP contribution in [0.4, 0.5) is 13.2 Å². The number of hydrogen-bond donors (Lipinski definition) is 0. The van der Waals surface area contributed by atoms with E-state index in [0.717, 1.165) is 35.5 Å². The second kappa shape index (κ2) is 10.2. The summed E-state index contributed by atoms with van der Waals surface area (Å²) in [5.74, 6) is -0.285. The molecule has 0 saturated heterocycles. The van der Waals surface area contributed by atoms with Gasteiger partial charge < -0.3 is 4.90 Å². The lowest BCUT2D eigenvalue weighted by Crippen LogP contribution is -2.27. The van der Waals surface area contributed by atoms with Crippen LogP contribution in [0.25, 0.3) is 16.9 Å². The minimum atomic E-state index is -4.44. The normalized spacial score (nSPS) is 11.5. The Bertz CT molecular complexity index is 1300. The summed E-state index contributed by atoms with van der Waals surface area (Å²) in [7, 11) is 1.60. The molecule has 1 amide bonds. The highest BCUT2D eigenvalue weighted by molar-refractivity contribution is 6.01. The van der Waals surface area contributed by atoms with Crippen LogP contribution in [-0.2, 0) is 19.1 Å². The Morgan fingerprint density at radius 3 is 2.23 bits per heavy atom. The zero-order valence-corrected chi connectivity index (χ0v) is 19.6. The molecule has 0 radical (unpaired) electrons. The van der Waals surface area contributed by atoms with Crippen LogP contribution in [0.2, 0.25) is 0 Å². The van der Waals surface area contributed by atoms with Gasteiger partial charge in [0, 0.05) is 19.2 Å². The molecule has 0 aliphatic carbocycles. The van der Waals surface area contributed by atoms with Crippen LogP contribution in [0.1, 0.15) is 40.5 Å². The average molecular weight is 478 g/mol. The maximum atomic E-state index is 13.8. The maximum absolute atomic E-state index is 13.8. The smallest absolute Gasteiger partial charge is 0.337 e. The van der Waals surface area contributed by atoms with Crippen LogP contribution in [0, 0.1) is 0 Å². The lowest BCUT2D eigenvalue weighted by molar-refractivity contribution is -0.137. The van der Waals surface area contributed by atoms with Crippen molar-refractivity contribution in [3.63, 3.8) is 0 Å². The molecule has 0 N–H and O–H groups in total. The number of amides is 1. The van der Waals surface area contributed by atoms with Gasteiger partial charge in [0.05, 0.1) is 22.5 Å². The van der Waals surface area contributed by atoms with Crippen molar-refractivity contribution in [3.05, 3.63) is 107 Å². The first-order valence-electron chi connectivity index (χ1n) is 11.4. The standard InChI is InChI=1S/C28H26F3N3O/c1-3-11-24-25(27(35)33(2)19-20-12-10-15-22(18-20)28(29,30)31)26(21-13-6-4-7-14-21)32-34(24)23-16-8-5-9-17-23/h4-10,12-18H,3,11,19H2,1-2H3. The van der Waals surface area contributed by atoms with E-state index in [-0.39, 0.29) is 12.5 Å². The molecule has 180 valence electrons. The summed E-state index contributed by atoms with van der Waals surface area (Å²) < 4.78 is 41.3. The first-order valence-corrected chi connectivity index (χ1v) is 11.4. The first-order chi connectivity index (χ1) is 16.8. The first kappa shape index (κ1) is 24.3. The summed E-state index contributed by atoms with van der Waals surface area (Å²) >= 11 is 0. The molecule has 0 atom stereocenters. The van der Waals surface area contributed by atoms with E-state index in [1.54, 1.807) is 17.8 Å². The van der Waals surface area contributed by atoms with Gasteiger partial charge in [-0.25, -0.2) is 4.68 Å². The van der Waals surface area contributed by atoms with Gasteiger partial charge in [0.1, 0.15) is 5.69 Å². The largest absolute Gasteiger partial charge is 0.416 e. The van der Waals surface area contributed by atoms with E-state index in [1.807, 2.05) is 67.6 Å². The number of aromatic nitrogens is 2. The summed E-state index contributed by atoms with van der Waals surface area (Å²) in [6.45, 7) is 2.07. The molecule has 0 aliphatic heterocycles. The monoisotopic (exact) mass is 477 g/mol. The Morgan fingerprint density at radius 2 is 1.60 bits per heavy atom. The summed E-state index contributed by atoms with van der Waals surface area (Å²) in [4.78, 5) is 15.3. The fourth-order valence-corrected chi connectivity index (χ4v) is 4.11. The van der Waals surface area contributed by atoms with E-state index in [1.165, 1.54) is 11.0 Å². The van der Waals surface area contributed by atoms with E-state index in [2.05, 4.69) is 0 Å². The Morgan fingerprint density at radius 1 is 0.943 bits per heavy atom. The van der Waals surface area contributed by atoms with Crippen LogP contribution >= 0.6 is 0 Å². The van der Waals surface area contributed by atoms with E-state index in [0.29, 0.717) is 23.2 Å². The number of carbonyl (C=O) groups excluding carboxylic acids is 1. The third-order valence-corrected chi connectivity index (χ3v) is 5.75. The molecule has 0 fully saturated rings. The topological polar surface area (TPSA) is 38.1 Å². The molecular weight excluding hydrogens is 451 g/mol. The van der Waals surface area contributed by atoms with Gasteiger partial charge in [-0.3, -0.25) is 4.79 Å². The van der Waals surface area contributed by atoms with Gasteiger partial charge in [0.25, 0.3) is 5.91 Å². The van der Waals surface area contributed by atoms with Crippen LogP contribution in [-0.4, -0.2) is 27.6 Å². The molecule has 0 unspecified atom stereocenters. The molecule has 4 rings (SSSR count). The summed E-state index contributed by atoms with van der Waals surface area (Å²) in [5.41, 5.74) is 3.12. The predicted molar refractivity (Wildman–Crippen MR) is 130 cm³/mol. The van der Waals surface area contributed by atoms with Crippen molar-refractivity contribution in [2.24, 2.45) is 0 Å². The van der Waals surface area contributed by atoms with E-state index in [4.69, 9.17) is 5.10 Å². The van der Waals surface area contributed by atoms with Gasteiger partial charge >= 0.3 is 6.18 Å². The highest BCUT2D eigenvalue weighted by Gasteiger charge is 2.31. The number of para-hydroxylation sites is 1. The number of alkyl halides is 3. The van der Waals surface area contributed by atoms with Crippen LogP contribution in [0.3, 0.4) is 0 Å². The number of halogens is 3. The molecule has 1 aromatic heterocycles. The number of rotatable bonds is 7. The molecular formula is C28H26F3N3O. The van der Waals surface area contributed by atoms with Crippen molar-refractivity contribution in [2.75, 3.05) is 7.05 Å². The van der Waals surface area contributed by atoms with Gasteiger partial charge in [-0.05, 0) is 36.2 Å². The summed E-state index contributed by atoms with van der Waals surface area (Å²) in [5, 5.41) is 4.85. The molecule has 3 aromatic carbocycles. The van der Waals surface area contributed by atoms with Gasteiger partial charge in [0.2, 0.25) is 0 Å². The molecule has 0 spiro atoms. The quantitative estimate of drug-likeness (QED) is 0.294. The Labute approximate surface area is 202 Å². The minimum Gasteiger partial charge on any atom is -0.337 e. The van der Waals surface area contributed by atoms with E-state index >= 15 is 0 Å². The minimum absolute atomic E-state index is 0.0407. The molecule has 0 aliphatic rings. The fourth-order valence-electron chi connectivity index (χ4n) is 4.11. The molecule has 1 heterocycles. The second-order valence-corrected chi connectivity index (χ2v) is 8.39. The maximum Gasteiger partial charge on any atom is 0.416 e. The fraction of sp³-hybridized carbons (Fsp3) is 0.214. The average Bonchev–Trinajstić information content (AvgIpc) is 3.23. The number of hydrogen-bond acceptors (Lipinski definition) is 2. The predicted octanol–water partition coefficient (Wildman–Crippen LogP) is 6.78. The number of carbonyl (C=O) groups is 1. The second-order valence-electron chi connectivity index (χ2n) is 8.39. The zero-order valence-electron chi connectivity index (χ0n) is 19.6. The van der Waals surface area contributed by atoms with E-state index in [9.17, 15) is 18.0 Å². The highest BCUT2D eigenvalue weighted by Crippen LogP contribution is 2.32. The number of nitrogens with zero attached hydrogens (tertiary/aromatic N) is 3. The molecule has 4 nitrogen and oxygen atoms in total. The van der Waals surface area contributed by atoms with Crippen molar-refractivity contribution in [1.82, 2.24) is 14.7 Å². The van der Waals surface area contributed by atoms with E-state index < -0.39 is 11.7 Å². The molecule has 35 heavy (non-hydrogen) atoms. The van der Waals surface area contributed by atoms with Crippen molar-refractivity contribution < 1.29 is 18.0 Å². The lowest BCUT2D eigenvalue weighted by Gasteiger charge is -2.19. The number of benzene rings is 3. The third-order valence-electron chi connectivity index (χ3n) is 5.75. The van der Waals surface area contributed by atoms with Crippen LogP contribution < -0.4 is 0 Å². The molecule has 4 aromatic rings. The van der Waals surface area contributed by atoms with Crippen molar-refractivity contribution in [1.29, 1.82) is 0 Å². The van der Waals surface area contributed by atoms with Crippen molar-refractivity contribution in [3.8, 4) is 16.9 Å². The Balaban J connectivity index is 1.78. The van der Waals surface area contributed by atoms with Crippen LogP contribution in [0.5, 0.6) is 0 Å². The van der Waals surface area contributed by atoms with Gasteiger partial charge in [0.15, 0.2) is 0 Å². The molecule has 7 heteroatoms. The molecule has 0 saturated carbocycles. The van der Waals surface area contributed by atoms with Gasteiger partial charge in [-0.15, -0.1) is 0 Å². The van der Waals surface area contributed by atoms with Gasteiger partial charge in [-0.2, -0.15) is 18.3 Å². The Hall–Kier alpha value is -3.87. The molecule has 0 bridgehead atoms. The SMILES string of the molecule is CCCc1c(C(=O)N(C)Cc2cccc(C(F)(F)F)c2)c(-c2ccccc2)nn1-c1ccccc1. The van der Waals surface area contributed by atoms with Crippen molar-refractivity contribution in [2.45, 2.75) is 32.5 Å². The summed E-state index contributed by atoms with van der Waals surface area (Å²) in [6.07, 6.45) is -3.03. The highest BCUT2D eigenvalue weighted by atomic mass is 19.4. The third kappa shape index (κ3) is 5.29. The lowest BCUT2D eigenvalue weighted by atomic mass is 10.0. The van der Waals surface area contributed by atoms with Crippen LogP contribution in [0.15, 0.2) is 84.9 Å². The van der Waals surface area contributed by atoms with Gasteiger partial charge in [-0.1, -0.05) is 74.0 Å². The zero-order chi connectivity index (χ0) is 25.0. The Kier molecular flexibility index (Phi) is 7.05. The van der Waals surface area contributed by atoms with Crippen molar-refractivity contribution >= 4 is 5.91 Å². The summed E-state index contributed by atoms with van der Waals surface area (Å²) in [6, 6.07) is 24.1.